The number of aromatic nitrogens is 1. The van der Waals surface area contributed by atoms with Crippen molar-refractivity contribution >= 4 is 5.91 Å². The third kappa shape index (κ3) is 3.31. The van der Waals surface area contributed by atoms with Crippen molar-refractivity contribution in [2.24, 2.45) is 0 Å². The normalized spacial score (nSPS) is 15.9. The van der Waals surface area contributed by atoms with E-state index in [0.29, 0.717) is 5.56 Å². The highest BCUT2D eigenvalue weighted by Gasteiger charge is 2.20. The first kappa shape index (κ1) is 16.3. The molecule has 4 heteroatoms. The van der Waals surface area contributed by atoms with Crippen molar-refractivity contribution in [2.75, 3.05) is 0 Å². The summed E-state index contributed by atoms with van der Waals surface area (Å²) in [6.45, 7) is 0. The molecule has 0 saturated heterocycles. The number of nitrogens with one attached hydrogen (secondary N) is 1. The van der Waals surface area contributed by atoms with E-state index < -0.39 is 0 Å². The van der Waals surface area contributed by atoms with Crippen LogP contribution in [0.5, 0.6) is 0 Å². The molecule has 3 aromatic rings. The van der Waals surface area contributed by atoms with Gasteiger partial charge in [0.05, 0.1) is 0 Å². The lowest BCUT2D eigenvalue weighted by atomic mass is 9.88. The molecular formula is C22H20N2O2. The zero-order chi connectivity index (χ0) is 17.9. The fraction of sp³-hybridized carbons (Fsp3) is 0.182. The van der Waals surface area contributed by atoms with E-state index in [1.165, 1.54) is 17.2 Å². The standard InChI is InChI=1S/C22H20N2O2/c25-21-7-3-4-14-24(21)20-12-9-17(10-13-20)22(26)23-19-11-8-16-5-1-2-6-18(16)15-19/h1-7,9-10,12-14,19H,8,11,15H2,(H,23,26). The SMILES string of the molecule is O=C(NC1CCc2ccccc2C1)c1ccc(-n2ccccc2=O)cc1. The summed E-state index contributed by atoms with van der Waals surface area (Å²) in [5, 5.41) is 3.14. The van der Waals surface area contributed by atoms with Gasteiger partial charge in [0.1, 0.15) is 0 Å². The van der Waals surface area contributed by atoms with E-state index in [4.69, 9.17) is 0 Å². The van der Waals surface area contributed by atoms with Gasteiger partial charge in [0.15, 0.2) is 0 Å². The number of hydrogen-bond donors (Lipinski definition) is 1. The number of aryl methyl sites for hydroxylation is 1. The van der Waals surface area contributed by atoms with Crippen LogP contribution in [0.3, 0.4) is 0 Å². The van der Waals surface area contributed by atoms with E-state index in [2.05, 4.69) is 23.5 Å². The van der Waals surface area contributed by atoms with Gasteiger partial charge in [-0.25, -0.2) is 0 Å². The van der Waals surface area contributed by atoms with Crippen LogP contribution in [0.15, 0.2) is 77.7 Å². The van der Waals surface area contributed by atoms with Crippen molar-refractivity contribution in [3.05, 3.63) is 100.0 Å². The average molecular weight is 344 g/mol. The molecule has 26 heavy (non-hydrogen) atoms. The third-order valence-electron chi connectivity index (χ3n) is 4.91. The Hall–Kier alpha value is -3.14. The number of carbonyl (C=O) groups is 1. The Kier molecular flexibility index (Phi) is 4.40. The number of carbonyl (C=O) groups excluding carboxylic acids is 1. The van der Waals surface area contributed by atoms with Gasteiger partial charge in [-0.2, -0.15) is 0 Å². The number of pyridine rings is 1. The van der Waals surface area contributed by atoms with E-state index in [1.807, 2.05) is 12.1 Å². The first-order valence-corrected chi connectivity index (χ1v) is 8.86. The monoisotopic (exact) mass is 344 g/mol. The molecule has 130 valence electrons. The molecule has 1 atom stereocenters. The van der Waals surface area contributed by atoms with Crippen molar-refractivity contribution in [2.45, 2.75) is 25.3 Å². The van der Waals surface area contributed by atoms with Crippen molar-refractivity contribution < 1.29 is 4.79 Å². The summed E-state index contributed by atoms with van der Waals surface area (Å²) in [6, 6.07) is 20.7. The Morgan fingerprint density at radius 2 is 1.65 bits per heavy atom. The van der Waals surface area contributed by atoms with Crippen LogP contribution in [0.2, 0.25) is 0 Å². The largest absolute Gasteiger partial charge is 0.349 e. The Labute approximate surface area is 152 Å². The third-order valence-corrected chi connectivity index (χ3v) is 4.91. The number of nitrogens with zero attached hydrogens (tertiary/aromatic N) is 1. The number of hydrogen-bond acceptors (Lipinski definition) is 2. The van der Waals surface area contributed by atoms with Crippen molar-refractivity contribution in [3.8, 4) is 5.69 Å². The second-order valence-electron chi connectivity index (χ2n) is 6.64. The van der Waals surface area contributed by atoms with Crippen LogP contribution in [0, 0.1) is 0 Å². The lowest BCUT2D eigenvalue weighted by Gasteiger charge is -2.25. The van der Waals surface area contributed by atoms with Gasteiger partial charge in [-0.3, -0.25) is 14.2 Å². The first-order chi connectivity index (χ1) is 12.7. The maximum atomic E-state index is 12.6. The van der Waals surface area contributed by atoms with Crippen LogP contribution < -0.4 is 10.9 Å². The van der Waals surface area contributed by atoms with Crippen LogP contribution in [0.1, 0.15) is 27.9 Å². The molecule has 0 aliphatic heterocycles. The van der Waals surface area contributed by atoms with Gasteiger partial charge in [0, 0.05) is 29.6 Å². The summed E-state index contributed by atoms with van der Waals surface area (Å²) >= 11 is 0. The van der Waals surface area contributed by atoms with Gasteiger partial charge in [-0.1, -0.05) is 30.3 Å². The van der Waals surface area contributed by atoms with E-state index in [9.17, 15) is 9.59 Å². The molecule has 1 aromatic heterocycles. The number of amides is 1. The Balaban J connectivity index is 1.46. The van der Waals surface area contributed by atoms with Crippen molar-refractivity contribution in [1.29, 1.82) is 0 Å². The van der Waals surface area contributed by atoms with E-state index in [0.717, 1.165) is 24.9 Å². The average Bonchev–Trinajstić information content (AvgIpc) is 2.68. The minimum absolute atomic E-state index is 0.0682. The molecule has 0 spiro atoms. The maximum absolute atomic E-state index is 12.6. The van der Waals surface area contributed by atoms with Gasteiger partial charge < -0.3 is 5.32 Å². The number of fused-ring (bicyclic) bond motifs is 1. The van der Waals surface area contributed by atoms with Gasteiger partial charge in [0.2, 0.25) is 0 Å². The van der Waals surface area contributed by atoms with Gasteiger partial charge in [-0.05, 0) is 60.7 Å². The predicted molar refractivity (Wildman–Crippen MR) is 102 cm³/mol. The molecule has 0 radical (unpaired) electrons. The van der Waals surface area contributed by atoms with Crippen LogP contribution in [0.4, 0.5) is 0 Å². The van der Waals surface area contributed by atoms with E-state index in [1.54, 1.807) is 41.1 Å². The molecule has 4 rings (SSSR count). The molecule has 1 N–H and O–H groups in total. The molecule has 1 aliphatic carbocycles. The van der Waals surface area contributed by atoms with Crippen molar-refractivity contribution in [1.82, 2.24) is 9.88 Å². The summed E-state index contributed by atoms with van der Waals surface area (Å²) in [5.41, 5.74) is 3.97. The lowest BCUT2D eigenvalue weighted by molar-refractivity contribution is 0.0933. The lowest BCUT2D eigenvalue weighted by Crippen LogP contribution is -2.38. The van der Waals surface area contributed by atoms with Crippen LogP contribution >= 0.6 is 0 Å². The molecular weight excluding hydrogens is 324 g/mol. The number of benzene rings is 2. The Bertz CT molecular complexity index is 989. The van der Waals surface area contributed by atoms with E-state index >= 15 is 0 Å². The quantitative estimate of drug-likeness (QED) is 0.794. The molecule has 0 saturated carbocycles. The Morgan fingerprint density at radius 1 is 0.923 bits per heavy atom. The zero-order valence-corrected chi connectivity index (χ0v) is 14.4. The molecule has 1 amide bonds. The van der Waals surface area contributed by atoms with Crippen LogP contribution in [-0.2, 0) is 12.8 Å². The summed E-state index contributed by atoms with van der Waals surface area (Å²) < 4.78 is 1.56. The van der Waals surface area contributed by atoms with E-state index in [-0.39, 0.29) is 17.5 Å². The highest BCUT2D eigenvalue weighted by atomic mass is 16.1. The fourth-order valence-corrected chi connectivity index (χ4v) is 3.50. The zero-order valence-electron chi connectivity index (χ0n) is 14.4. The highest BCUT2D eigenvalue weighted by Crippen LogP contribution is 2.21. The minimum atomic E-state index is -0.0921. The molecule has 0 fully saturated rings. The summed E-state index contributed by atoms with van der Waals surface area (Å²) in [5.74, 6) is -0.0682. The second-order valence-corrected chi connectivity index (χ2v) is 6.64. The number of rotatable bonds is 3. The van der Waals surface area contributed by atoms with Crippen LogP contribution in [-0.4, -0.2) is 16.5 Å². The fourth-order valence-electron chi connectivity index (χ4n) is 3.50. The van der Waals surface area contributed by atoms with Crippen LogP contribution in [0.25, 0.3) is 5.69 Å². The summed E-state index contributed by atoms with van der Waals surface area (Å²) in [6.07, 6.45) is 4.55. The Morgan fingerprint density at radius 3 is 2.42 bits per heavy atom. The smallest absolute Gasteiger partial charge is 0.255 e. The second kappa shape index (κ2) is 7.00. The van der Waals surface area contributed by atoms with Gasteiger partial charge in [0.25, 0.3) is 11.5 Å². The molecule has 0 bridgehead atoms. The van der Waals surface area contributed by atoms with Crippen molar-refractivity contribution in [3.63, 3.8) is 0 Å². The summed E-state index contributed by atoms with van der Waals surface area (Å²) in [4.78, 5) is 24.4. The molecule has 1 unspecified atom stereocenters. The molecule has 1 heterocycles. The van der Waals surface area contributed by atoms with Gasteiger partial charge in [-0.15, -0.1) is 0 Å². The molecule has 4 nitrogen and oxygen atoms in total. The minimum Gasteiger partial charge on any atom is -0.349 e. The molecule has 2 aromatic carbocycles. The first-order valence-electron chi connectivity index (χ1n) is 8.86. The summed E-state index contributed by atoms with van der Waals surface area (Å²) in [7, 11) is 0. The maximum Gasteiger partial charge on any atom is 0.255 e. The highest BCUT2D eigenvalue weighted by molar-refractivity contribution is 5.94. The van der Waals surface area contributed by atoms with Gasteiger partial charge >= 0.3 is 0 Å². The molecule has 1 aliphatic rings. The topological polar surface area (TPSA) is 51.1 Å². The predicted octanol–water partition coefficient (Wildman–Crippen LogP) is 3.12.